The third kappa shape index (κ3) is 4.58. The Labute approximate surface area is 209 Å². The summed E-state index contributed by atoms with van der Waals surface area (Å²) in [6.45, 7) is 0.0794. The SMILES string of the molecule is COc1ccccc1C1CC1C(=O)N1CCc2ccccc2C1c1cc(Cl)ccc1OCC(=O)O. The smallest absolute Gasteiger partial charge is 0.341 e. The first-order valence-electron chi connectivity index (χ1n) is 11.6. The van der Waals surface area contributed by atoms with Crippen LogP contribution >= 0.6 is 11.6 Å². The van der Waals surface area contributed by atoms with E-state index in [0.717, 1.165) is 35.3 Å². The van der Waals surface area contributed by atoms with Gasteiger partial charge in [-0.2, -0.15) is 0 Å². The van der Waals surface area contributed by atoms with Crippen LogP contribution in [0.15, 0.2) is 66.7 Å². The molecule has 6 nitrogen and oxygen atoms in total. The highest BCUT2D eigenvalue weighted by Gasteiger charge is 2.49. The number of benzene rings is 3. The number of ether oxygens (including phenoxy) is 2. The number of halogens is 1. The zero-order valence-electron chi connectivity index (χ0n) is 19.3. The second-order valence-corrected chi connectivity index (χ2v) is 9.37. The van der Waals surface area contributed by atoms with Gasteiger partial charge in [0.1, 0.15) is 11.5 Å². The van der Waals surface area contributed by atoms with Crippen molar-refractivity contribution >= 4 is 23.5 Å². The zero-order valence-corrected chi connectivity index (χ0v) is 20.1. The van der Waals surface area contributed by atoms with Crippen molar-refractivity contribution in [3.05, 3.63) is 94.0 Å². The summed E-state index contributed by atoms with van der Waals surface area (Å²) in [6.07, 6.45) is 1.51. The molecule has 1 aliphatic carbocycles. The number of hydrogen-bond donors (Lipinski definition) is 1. The number of nitrogens with zero attached hydrogens (tertiary/aromatic N) is 1. The number of methoxy groups -OCH3 is 1. The fraction of sp³-hybridized carbons (Fsp3) is 0.286. The third-order valence-corrected chi connectivity index (χ3v) is 7.07. The van der Waals surface area contributed by atoms with E-state index < -0.39 is 18.6 Å². The van der Waals surface area contributed by atoms with E-state index in [4.69, 9.17) is 26.2 Å². The first kappa shape index (κ1) is 23.2. The molecular formula is C28H26ClNO5. The van der Waals surface area contributed by atoms with E-state index in [1.807, 2.05) is 47.4 Å². The number of hydrogen-bond acceptors (Lipinski definition) is 4. The maximum absolute atomic E-state index is 13.9. The Morgan fingerprint density at radius 2 is 1.74 bits per heavy atom. The maximum atomic E-state index is 13.9. The van der Waals surface area contributed by atoms with E-state index in [2.05, 4.69) is 6.07 Å². The molecule has 1 fully saturated rings. The summed E-state index contributed by atoms with van der Waals surface area (Å²) in [4.78, 5) is 27.0. The average Bonchev–Trinajstić information content (AvgIpc) is 3.67. The Morgan fingerprint density at radius 3 is 2.51 bits per heavy atom. The Kier molecular flexibility index (Phi) is 6.39. The Bertz CT molecular complexity index is 1280. The topological polar surface area (TPSA) is 76.1 Å². The molecule has 3 atom stereocenters. The second kappa shape index (κ2) is 9.62. The highest BCUT2D eigenvalue weighted by molar-refractivity contribution is 6.30. The van der Waals surface area contributed by atoms with E-state index in [-0.39, 0.29) is 17.7 Å². The number of para-hydroxylation sites is 1. The molecule has 3 unspecified atom stereocenters. The van der Waals surface area contributed by atoms with Crippen LogP contribution in [-0.4, -0.2) is 42.1 Å². The summed E-state index contributed by atoms with van der Waals surface area (Å²) in [7, 11) is 1.65. The molecule has 3 aromatic rings. The molecule has 180 valence electrons. The predicted octanol–water partition coefficient (Wildman–Crippen LogP) is 5.09. The van der Waals surface area contributed by atoms with Gasteiger partial charge in [-0.05, 0) is 59.7 Å². The molecule has 0 radical (unpaired) electrons. The minimum atomic E-state index is -1.07. The standard InChI is InChI=1S/C28H26ClNO5/c1-34-24-9-5-4-8-20(24)21-15-22(21)28(33)30-13-12-17-6-2-3-7-19(17)27(30)23-14-18(29)10-11-25(23)35-16-26(31)32/h2-11,14,21-22,27H,12-13,15-16H2,1H3,(H,31,32). The minimum absolute atomic E-state index is 0.0737. The second-order valence-electron chi connectivity index (χ2n) is 8.94. The van der Waals surface area contributed by atoms with Gasteiger partial charge in [-0.15, -0.1) is 0 Å². The number of carbonyl (C=O) groups is 2. The molecule has 1 N–H and O–H groups in total. The van der Waals surface area contributed by atoms with Crippen LogP contribution in [0.3, 0.4) is 0 Å². The summed E-state index contributed by atoms with van der Waals surface area (Å²) >= 11 is 6.38. The van der Waals surface area contributed by atoms with E-state index in [0.29, 0.717) is 22.9 Å². The molecule has 1 aliphatic heterocycles. The molecule has 5 rings (SSSR count). The maximum Gasteiger partial charge on any atom is 0.341 e. The van der Waals surface area contributed by atoms with E-state index in [1.165, 1.54) is 0 Å². The van der Waals surface area contributed by atoms with Gasteiger partial charge in [-0.3, -0.25) is 4.79 Å². The van der Waals surface area contributed by atoms with Crippen LogP contribution in [0.4, 0.5) is 0 Å². The molecule has 0 saturated heterocycles. The molecule has 1 saturated carbocycles. The fourth-order valence-electron chi connectivity index (χ4n) is 5.14. The summed E-state index contributed by atoms with van der Waals surface area (Å²) in [5, 5.41) is 9.66. The average molecular weight is 492 g/mol. The summed E-state index contributed by atoms with van der Waals surface area (Å²) in [5.41, 5.74) is 3.90. The van der Waals surface area contributed by atoms with E-state index in [9.17, 15) is 9.59 Å². The number of carboxylic acid groups (broad SMARTS) is 1. The van der Waals surface area contributed by atoms with Crippen molar-refractivity contribution in [2.75, 3.05) is 20.3 Å². The van der Waals surface area contributed by atoms with Crippen LogP contribution in [0.1, 0.15) is 40.6 Å². The number of amides is 1. The Hall–Kier alpha value is -3.51. The van der Waals surface area contributed by atoms with Crippen molar-refractivity contribution < 1.29 is 24.2 Å². The normalized spacial score (nSPS) is 20.6. The van der Waals surface area contributed by atoms with Crippen LogP contribution in [0, 0.1) is 5.92 Å². The van der Waals surface area contributed by atoms with Crippen molar-refractivity contribution in [3.63, 3.8) is 0 Å². The Morgan fingerprint density at radius 1 is 1.00 bits per heavy atom. The lowest BCUT2D eigenvalue weighted by Gasteiger charge is -2.38. The molecule has 7 heteroatoms. The van der Waals surface area contributed by atoms with Gasteiger partial charge in [0.15, 0.2) is 6.61 Å². The number of rotatable bonds is 7. The van der Waals surface area contributed by atoms with Gasteiger partial charge in [0.25, 0.3) is 0 Å². The highest BCUT2D eigenvalue weighted by atomic mass is 35.5. The fourth-order valence-corrected chi connectivity index (χ4v) is 5.32. The molecule has 0 aromatic heterocycles. The molecule has 3 aromatic carbocycles. The molecular weight excluding hydrogens is 466 g/mol. The van der Waals surface area contributed by atoms with E-state index >= 15 is 0 Å². The van der Waals surface area contributed by atoms with Crippen LogP contribution in [0.5, 0.6) is 11.5 Å². The molecule has 0 spiro atoms. The largest absolute Gasteiger partial charge is 0.496 e. The first-order valence-corrected chi connectivity index (χ1v) is 12.0. The summed E-state index contributed by atoms with van der Waals surface area (Å²) in [5.74, 6) is 0.186. The van der Waals surface area contributed by atoms with Crippen LogP contribution in [-0.2, 0) is 16.0 Å². The number of aliphatic carboxylic acids is 1. The monoisotopic (exact) mass is 491 g/mol. The van der Waals surface area contributed by atoms with Crippen LogP contribution in [0.2, 0.25) is 5.02 Å². The van der Waals surface area contributed by atoms with Crippen molar-refractivity contribution in [2.24, 2.45) is 5.92 Å². The van der Waals surface area contributed by atoms with Gasteiger partial charge in [0.05, 0.1) is 13.2 Å². The molecule has 0 bridgehead atoms. The molecule has 2 aliphatic rings. The highest BCUT2D eigenvalue weighted by Crippen LogP contribution is 2.53. The van der Waals surface area contributed by atoms with Crippen LogP contribution < -0.4 is 9.47 Å². The van der Waals surface area contributed by atoms with Gasteiger partial charge < -0.3 is 19.5 Å². The summed E-state index contributed by atoms with van der Waals surface area (Å²) < 4.78 is 11.2. The van der Waals surface area contributed by atoms with Crippen molar-refractivity contribution in [1.29, 1.82) is 0 Å². The van der Waals surface area contributed by atoms with Crippen molar-refractivity contribution in [1.82, 2.24) is 4.90 Å². The quantitative estimate of drug-likeness (QED) is 0.498. The van der Waals surface area contributed by atoms with Crippen LogP contribution in [0.25, 0.3) is 0 Å². The zero-order chi connectivity index (χ0) is 24.5. The molecule has 1 heterocycles. The lowest BCUT2D eigenvalue weighted by atomic mass is 9.87. The molecule has 35 heavy (non-hydrogen) atoms. The van der Waals surface area contributed by atoms with Crippen molar-refractivity contribution in [2.45, 2.75) is 24.8 Å². The van der Waals surface area contributed by atoms with Gasteiger partial charge in [-0.1, -0.05) is 54.1 Å². The number of carbonyl (C=O) groups excluding carboxylic acids is 1. The molecule has 1 amide bonds. The van der Waals surface area contributed by atoms with Gasteiger partial charge in [0.2, 0.25) is 5.91 Å². The van der Waals surface area contributed by atoms with E-state index in [1.54, 1.807) is 25.3 Å². The van der Waals surface area contributed by atoms with Gasteiger partial charge in [-0.25, -0.2) is 4.79 Å². The van der Waals surface area contributed by atoms with Gasteiger partial charge >= 0.3 is 5.97 Å². The minimum Gasteiger partial charge on any atom is -0.496 e. The van der Waals surface area contributed by atoms with Gasteiger partial charge in [0, 0.05) is 23.0 Å². The van der Waals surface area contributed by atoms with Crippen molar-refractivity contribution in [3.8, 4) is 11.5 Å². The lowest BCUT2D eigenvalue weighted by molar-refractivity contribution is -0.139. The number of fused-ring (bicyclic) bond motifs is 1. The lowest BCUT2D eigenvalue weighted by Crippen LogP contribution is -2.41. The number of carboxylic acids is 1. The first-order chi connectivity index (χ1) is 17.0. The Balaban J connectivity index is 1.52. The summed E-state index contributed by atoms with van der Waals surface area (Å²) in [6, 6.07) is 20.6. The predicted molar refractivity (Wildman–Crippen MR) is 132 cm³/mol. The third-order valence-electron chi connectivity index (χ3n) is 6.83.